The van der Waals surface area contributed by atoms with Gasteiger partial charge >= 0.3 is 0 Å². The first-order chi connectivity index (χ1) is 6.31. The highest BCUT2D eigenvalue weighted by atomic mass is 16.5. The molecule has 0 aromatic carbocycles. The van der Waals surface area contributed by atoms with Crippen molar-refractivity contribution in [1.29, 1.82) is 0 Å². The lowest BCUT2D eigenvalue weighted by molar-refractivity contribution is 0.218. The monoisotopic (exact) mass is 184 g/mol. The minimum absolute atomic E-state index is 0.759. The first kappa shape index (κ1) is 12.5. The lowest BCUT2D eigenvalue weighted by atomic mass is 10.1. The van der Waals surface area contributed by atoms with Crippen LogP contribution in [-0.2, 0) is 4.74 Å². The maximum absolute atomic E-state index is 5.28. The molecule has 0 aliphatic heterocycles. The molecule has 0 bridgehead atoms. The number of unbranched alkanes of at least 4 members (excludes halogenated alkanes) is 5. The number of hydrogen-bond acceptors (Lipinski definition) is 1. The molecule has 1 nitrogen and oxygen atoms in total. The van der Waals surface area contributed by atoms with Crippen molar-refractivity contribution < 1.29 is 4.74 Å². The topological polar surface area (TPSA) is 9.23 Å². The normalized spacial score (nSPS) is 10.0. The third kappa shape index (κ3) is 9.45. The Balaban J connectivity index is 3.02. The van der Waals surface area contributed by atoms with Crippen LogP contribution in [0.5, 0.6) is 0 Å². The molecule has 13 heavy (non-hydrogen) atoms. The Morgan fingerprint density at radius 3 is 2.23 bits per heavy atom. The molecule has 0 aromatic rings. The van der Waals surface area contributed by atoms with Gasteiger partial charge in [0.25, 0.3) is 0 Å². The fourth-order valence-electron chi connectivity index (χ4n) is 1.38. The Morgan fingerprint density at radius 1 is 1.00 bits per heavy atom. The standard InChI is InChI=1S/C12H24O/c1-4-6-7-8-9-10-11-12(3)13-5-2/h3-11H2,1-2H3. The minimum Gasteiger partial charge on any atom is -0.499 e. The van der Waals surface area contributed by atoms with Crippen molar-refractivity contribution in [2.24, 2.45) is 0 Å². The molecule has 0 aliphatic carbocycles. The summed E-state index contributed by atoms with van der Waals surface area (Å²) in [7, 11) is 0. The van der Waals surface area contributed by atoms with Crippen LogP contribution in [0.1, 0.15) is 58.8 Å². The van der Waals surface area contributed by atoms with Crippen molar-refractivity contribution >= 4 is 0 Å². The van der Waals surface area contributed by atoms with Crippen molar-refractivity contribution in [3.8, 4) is 0 Å². The van der Waals surface area contributed by atoms with E-state index in [9.17, 15) is 0 Å². The average Bonchev–Trinajstić information content (AvgIpc) is 2.11. The molecule has 0 spiro atoms. The van der Waals surface area contributed by atoms with Crippen LogP contribution in [0.2, 0.25) is 0 Å². The van der Waals surface area contributed by atoms with E-state index < -0.39 is 0 Å². The molecule has 1 heteroatoms. The zero-order chi connectivity index (χ0) is 9.94. The predicted molar refractivity (Wildman–Crippen MR) is 58.8 cm³/mol. The van der Waals surface area contributed by atoms with Crippen LogP contribution < -0.4 is 0 Å². The van der Waals surface area contributed by atoms with Gasteiger partial charge in [0.05, 0.1) is 12.4 Å². The molecule has 0 heterocycles. The van der Waals surface area contributed by atoms with Gasteiger partial charge < -0.3 is 4.74 Å². The van der Waals surface area contributed by atoms with Crippen molar-refractivity contribution in [1.82, 2.24) is 0 Å². The van der Waals surface area contributed by atoms with Gasteiger partial charge in [-0.05, 0) is 13.3 Å². The van der Waals surface area contributed by atoms with Gasteiger partial charge in [-0.2, -0.15) is 0 Å². The van der Waals surface area contributed by atoms with E-state index in [4.69, 9.17) is 4.74 Å². The maximum Gasteiger partial charge on any atom is 0.0888 e. The second-order valence-electron chi connectivity index (χ2n) is 3.49. The fourth-order valence-corrected chi connectivity index (χ4v) is 1.38. The van der Waals surface area contributed by atoms with Crippen molar-refractivity contribution in [2.45, 2.75) is 58.8 Å². The Labute approximate surface area is 83.2 Å². The van der Waals surface area contributed by atoms with Crippen LogP contribution in [0.25, 0.3) is 0 Å². The molecule has 0 unspecified atom stereocenters. The second kappa shape index (κ2) is 9.63. The van der Waals surface area contributed by atoms with Gasteiger partial charge in [0.1, 0.15) is 0 Å². The molecular weight excluding hydrogens is 160 g/mol. The Hall–Kier alpha value is -0.460. The fraction of sp³-hybridized carbons (Fsp3) is 0.833. The molecule has 0 N–H and O–H groups in total. The summed E-state index contributed by atoms with van der Waals surface area (Å²) in [6.07, 6.45) is 9.07. The maximum atomic E-state index is 5.28. The summed E-state index contributed by atoms with van der Waals surface area (Å²) in [5.41, 5.74) is 0. The predicted octanol–water partition coefficient (Wildman–Crippen LogP) is 4.29. The molecular formula is C12H24O. The van der Waals surface area contributed by atoms with E-state index in [-0.39, 0.29) is 0 Å². The smallest absolute Gasteiger partial charge is 0.0888 e. The third-order valence-electron chi connectivity index (χ3n) is 2.16. The first-order valence-electron chi connectivity index (χ1n) is 5.61. The molecule has 0 aromatic heterocycles. The summed E-state index contributed by atoms with van der Waals surface area (Å²) >= 11 is 0. The van der Waals surface area contributed by atoms with E-state index in [1.54, 1.807) is 0 Å². The number of hydrogen-bond donors (Lipinski definition) is 0. The highest BCUT2D eigenvalue weighted by molar-refractivity contribution is 4.81. The second-order valence-corrected chi connectivity index (χ2v) is 3.49. The van der Waals surface area contributed by atoms with Crippen molar-refractivity contribution in [2.75, 3.05) is 6.61 Å². The van der Waals surface area contributed by atoms with Crippen LogP contribution in [-0.4, -0.2) is 6.61 Å². The van der Waals surface area contributed by atoms with Crippen LogP contribution in [0, 0.1) is 0 Å². The van der Waals surface area contributed by atoms with Gasteiger partial charge in [-0.15, -0.1) is 0 Å². The Kier molecular flexibility index (Phi) is 9.29. The summed E-state index contributed by atoms with van der Waals surface area (Å²) in [5.74, 6) is 0.956. The van der Waals surface area contributed by atoms with E-state index in [0.29, 0.717) is 0 Å². The number of allylic oxidation sites excluding steroid dienone is 1. The Bertz CT molecular complexity index is 118. The minimum atomic E-state index is 0.759. The van der Waals surface area contributed by atoms with E-state index in [1.165, 1.54) is 38.5 Å². The largest absolute Gasteiger partial charge is 0.499 e. The van der Waals surface area contributed by atoms with Crippen molar-refractivity contribution in [3.05, 3.63) is 12.3 Å². The molecule has 0 radical (unpaired) electrons. The van der Waals surface area contributed by atoms with E-state index in [1.807, 2.05) is 6.92 Å². The van der Waals surface area contributed by atoms with Crippen LogP contribution in [0.3, 0.4) is 0 Å². The summed E-state index contributed by atoms with van der Waals surface area (Å²) in [6.45, 7) is 8.87. The summed E-state index contributed by atoms with van der Waals surface area (Å²) in [6, 6.07) is 0. The van der Waals surface area contributed by atoms with Crippen LogP contribution in [0.4, 0.5) is 0 Å². The quantitative estimate of drug-likeness (QED) is 0.384. The first-order valence-corrected chi connectivity index (χ1v) is 5.61. The molecule has 0 atom stereocenters. The number of ether oxygens (including phenoxy) is 1. The van der Waals surface area contributed by atoms with Crippen LogP contribution >= 0.6 is 0 Å². The van der Waals surface area contributed by atoms with Gasteiger partial charge in [-0.25, -0.2) is 0 Å². The van der Waals surface area contributed by atoms with Gasteiger partial charge in [0, 0.05) is 6.42 Å². The highest BCUT2D eigenvalue weighted by Crippen LogP contribution is 2.10. The van der Waals surface area contributed by atoms with Gasteiger partial charge in [-0.3, -0.25) is 0 Å². The van der Waals surface area contributed by atoms with E-state index in [0.717, 1.165) is 18.8 Å². The van der Waals surface area contributed by atoms with Crippen molar-refractivity contribution in [3.63, 3.8) is 0 Å². The Morgan fingerprint density at radius 2 is 1.62 bits per heavy atom. The lowest BCUT2D eigenvalue weighted by Gasteiger charge is -2.05. The van der Waals surface area contributed by atoms with Crippen LogP contribution in [0.15, 0.2) is 12.3 Å². The zero-order valence-electron chi connectivity index (χ0n) is 9.27. The number of rotatable bonds is 9. The summed E-state index contributed by atoms with van der Waals surface area (Å²) in [5, 5.41) is 0. The summed E-state index contributed by atoms with van der Waals surface area (Å²) < 4.78 is 5.28. The zero-order valence-corrected chi connectivity index (χ0v) is 9.27. The molecule has 0 fully saturated rings. The SMILES string of the molecule is C=C(CCCCCCCC)OCC. The molecule has 0 saturated heterocycles. The molecule has 0 aliphatic rings. The molecule has 0 amide bonds. The van der Waals surface area contributed by atoms with Gasteiger partial charge in [0.2, 0.25) is 0 Å². The van der Waals surface area contributed by atoms with Gasteiger partial charge in [-0.1, -0.05) is 45.6 Å². The van der Waals surface area contributed by atoms with E-state index in [2.05, 4.69) is 13.5 Å². The summed E-state index contributed by atoms with van der Waals surface area (Å²) in [4.78, 5) is 0. The van der Waals surface area contributed by atoms with Gasteiger partial charge in [0.15, 0.2) is 0 Å². The third-order valence-corrected chi connectivity index (χ3v) is 2.16. The molecule has 78 valence electrons. The average molecular weight is 184 g/mol. The van der Waals surface area contributed by atoms with E-state index >= 15 is 0 Å². The lowest BCUT2D eigenvalue weighted by Crippen LogP contribution is -1.90. The molecule has 0 rings (SSSR count). The molecule has 0 saturated carbocycles. The highest BCUT2D eigenvalue weighted by Gasteiger charge is 1.94.